The molecule has 0 aliphatic carbocycles. The first-order chi connectivity index (χ1) is 14.4. The first kappa shape index (κ1) is 21.3. The van der Waals surface area contributed by atoms with Gasteiger partial charge in [-0.25, -0.2) is 5.43 Å². The van der Waals surface area contributed by atoms with Gasteiger partial charge in [0.15, 0.2) is 23.0 Å². The largest absolute Gasteiger partial charge is 0.493 e. The molecular formula is C22H26N2O6. The molecule has 1 aliphatic heterocycles. The average molecular weight is 414 g/mol. The minimum Gasteiger partial charge on any atom is -0.493 e. The molecule has 0 aromatic heterocycles. The average Bonchev–Trinajstić information content (AvgIpc) is 2.90. The summed E-state index contributed by atoms with van der Waals surface area (Å²) in [5, 5.41) is 4.03. The van der Waals surface area contributed by atoms with Crippen molar-refractivity contribution < 1.29 is 28.5 Å². The molecule has 3 rings (SSSR count). The highest BCUT2D eigenvalue weighted by molar-refractivity contribution is 5.95. The third-order valence-corrected chi connectivity index (χ3v) is 4.51. The summed E-state index contributed by atoms with van der Waals surface area (Å²) in [5.41, 5.74) is 3.49. The molecule has 1 N–H and O–H groups in total. The summed E-state index contributed by atoms with van der Waals surface area (Å²) in [5.74, 6) is 2.27. The molecule has 2 aromatic rings. The number of nitrogens with one attached hydrogen (secondary N) is 1. The van der Waals surface area contributed by atoms with Gasteiger partial charge in [0.05, 0.1) is 40.8 Å². The Balaban J connectivity index is 1.72. The van der Waals surface area contributed by atoms with Gasteiger partial charge in [-0.05, 0) is 30.3 Å². The lowest BCUT2D eigenvalue weighted by atomic mass is 9.97. The monoisotopic (exact) mass is 414 g/mol. The highest BCUT2D eigenvalue weighted by atomic mass is 16.5. The molecule has 1 heterocycles. The quantitative estimate of drug-likeness (QED) is 0.577. The van der Waals surface area contributed by atoms with E-state index in [1.54, 1.807) is 30.3 Å². The van der Waals surface area contributed by atoms with Crippen LogP contribution in [0.3, 0.4) is 0 Å². The zero-order chi connectivity index (χ0) is 21.7. The fraction of sp³-hybridized carbons (Fsp3) is 0.364. The lowest BCUT2D eigenvalue weighted by Crippen LogP contribution is -2.26. The second-order valence-electron chi connectivity index (χ2n) is 7.56. The van der Waals surface area contributed by atoms with Crippen molar-refractivity contribution in [1.82, 2.24) is 5.43 Å². The van der Waals surface area contributed by atoms with Crippen molar-refractivity contribution >= 4 is 12.1 Å². The summed E-state index contributed by atoms with van der Waals surface area (Å²) in [7, 11) is 4.60. The van der Waals surface area contributed by atoms with E-state index in [-0.39, 0.29) is 11.3 Å². The summed E-state index contributed by atoms with van der Waals surface area (Å²) < 4.78 is 27.5. The number of methoxy groups -OCH3 is 3. The number of rotatable bonds is 6. The number of fused-ring (bicyclic) bond motifs is 1. The van der Waals surface area contributed by atoms with E-state index in [4.69, 9.17) is 23.7 Å². The summed E-state index contributed by atoms with van der Waals surface area (Å²) in [4.78, 5) is 12.5. The van der Waals surface area contributed by atoms with Crippen LogP contribution in [0, 0.1) is 5.41 Å². The predicted molar refractivity (Wildman–Crippen MR) is 112 cm³/mol. The van der Waals surface area contributed by atoms with E-state index < -0.39 is 0 Å². The molecule has 0 radical (unpaired) electrons. The van der Waals surface area contributed by atoms with E-state index in [1.807, 2.05) is 0 Å². The van der Waals surface area contributed by atoms with Crippen molar-refractivity contribution in [2.45, 2.75) is 13.8 Å². The van der Waals surface area contributed by atoms with Crippen LogP contribution < -0.4 is 29.1 Å². The topological polar surface area (TPSA) is 87.6 Å². The number of carbonyl (C=O) groups is 1. The lowest BCUT2D eigenvalue weighted by Gasteiger charge is -2.19. The molecule has 8 heteroatoms. The van der Waals surface area contributed by atoms with E-state index in [0.717, 1.165) is 0 Å². The maximum atomic E-state index is 12.5. The fourth-order valence-electron chi connectivity index (χ4n) is 2.88. The van der Waals surface area contributed by atoms with Crippen LogP contribution in [0.2, 0.25) is 0 Å². The number of benzene rings is 2. The maximum Gasteiger partial charge on any atom is 0.271 e. The highest BCUT2D eigenvalue weighted by Gasteiger charge is 2.25. The van der Waals surface area contributed by atoms with Crippen LogP contribution >= 0.6 is 0 Å². The molecule has 0 spiro atoms. The molecule has 1 amide bonds. The minimum atomic E-state index is -0.367. The Bertz CT molecular complexity index is 930. The molecule has 0 fully saturated rings. The van der Waals surface area contributed by atoms with Gasteiger partial charge in [0.2, 0.25) is 5.75 Å². The van der Waals surface area contributed by atoms with Crippen molar-refractivity contribution in [3.05, 3.63) is 41.5 Å². The number of hydrogen-bond acceptors (Lipinski definition) is 7. The second kappa shape index (κ2) is 8.94. The Morgan fingerprint density at radius 2 is 1.63 bits per heavy atom. The minimum absolute atomic E-state index is 0.105. The third-order valence-electron chi connectivity index (χ3n) is 4.51. The van der Waals surface area contributed by atoms with Crippen molar-refractivity contribution in [2.75, 3.05) is 34.5 Å². The van der Waals surface area contributed by atoms with Crippen molar-refractivity contribution in [3.8, 4) is 28.7 Å². The van der Waals surface area contributed by atoms with Gasteiger partial charge in [-0.15, -0.1) is 0 Å². The first-order valence-corrected chi connectivity index (χ1v) is 9.40. The Morgan fingerprint density at radius 1 is 1.00 bits per heavy atom. The van der Waals surface area contributed by atoms with Crippen molar-refractivity contribution in [1.29, 1.82) is 0 Å². The van der Waals surface area contributed by atoms with Crippen LogP contribution in [0.25, 0.3) is 0 Å². The molecule has 30 heavy (non-hydrogen) atoms. The van der Waals surface area contributed by atoms with Gasteiger partial charge in [-0.1, -0.05) is 13.8 Å². The second-order valence-corrected chi connectivity index (χ2v) is 7.56. The highest BCUT2D eigenvalue weighted by Crippen LogP contribution is 2.38. The van der Waals surface area contributed by atoms with E-state index in [9.17, 15) is 4.79 Å². The number of nitrogens with zero attached hydrogens (tertiary/aromatic N) is 1. The van der Waals surface area contributed by atoms with Crippen LogP contribution in [0.1, 0.15) is 29.8 Å². The van der Waals surface area contributed by atoms with Crippen molar-refractivity contribution in [3.63, 3.8) is 0 Å². The Labute approximate surface area is 175 Å². The molecule has 2 aromatic carbocycles. The van der Waals surface area contributed by atoms with Crippen LogP contribution in [0.5, 0.6) is 28.7 Å². The van der Waals surface area contributed by atoms with Crippen LogP contribution in [0.4, 0.5) is 0 Å². The smallest absolute Gasteiger partial charge is 0.271 e. The van der Waals surface area contributed by atoms with Crippen molar-refractivity contribution in [2.24, 2.45) is 10.5 Å². The van der Waals surface area contributed by atoms with Gasteiger partial charge >= 0.3 is 0 Å². The summed E-state index contributed by atoms with van der Waals surface area (Å²) in [6, 6.07) is 8.51. The Kier molecular flexibility index (Phi) is 6.34. The summed E-state index contributed by atoms with van der Waals surface area (Å²) >= 11 is 0. The number of carbonyl (C=O) groups excluding carboxylic acids is 1. The standard InChI is InChI=1S/C22H26N2O6/c1-22(2)12-29-16-7-6-15(10-17(16)30-13-22)21(25)24-23-11-14-8-18(26-3)20(28-5)19(9-14)27-4/h6-11H,12-13H2,1-5H3,(H,24,25)/b23-11-. The van der Waals surface area contributed by atoms with Gasteiger partial charge in [-0.3, -0.25) is 4.79 Å². The molecular weight excluding hydrogens is 388 g/mol. The zero-order valence-corrected chi connectivity index (χ0v) is 17.8. The van der Waals surface area contributed by atoms with E-state index in [1.165, 1.54) is 27.5 Å². The van der Waals surface area contributed by atoms with Crippen LogP contribution in [-0.2, 0) is 0 Å². The number of hydrazone groups is 1. The maximum absolute atomic E-state index is 12.5. The number of amides is 1. The van der Waals surface area contributed by atoms with E-state index >= 15 is 0 Å². The van der Waals surface area contributed by atoms with Crippen LogP contribution in [-0.4, -0.2) is 46.7 Å². The zero-order valence-electron chi connectivity index (χ0n) is 17.8. The SMILES string of the molecule is COc1cc(/C=N\NC(=O)c2ccc3c(c2)OCC(C)(C)CO3)cc(OC)c1OC. The molecule has 0 unspecified atom stereocenters. The van der Waals surface area contributed by atoms with Gasteiger partial charge in [0, 0.05) is 16.5 Å². The van der Waals surface area contributed by atoms with Gasteiger partial charge in [-0.2, -0.15) is 5.10 Å². The van der Waals surface area contributed by atoms with Gasteiger partial charge in [0.1, 0.15) is 0 Å². The number of hydrogen-bond donors (Lipinski definition) is 1. The number of ether oxygens (including phenoxy) is 5. The molecule has 0 bridgehead atoms. The molecule has 0 atom stereocenters. The fourth-order valence-corrected chi connectivity index (χ4v) is 2.88. The predicted octanol–water partition coefficient (Wildman–Crippen LogP) is 3.27. The normalized spacial score (nSPS) is 14.7. The van der Waals surface area contributed by atoms with Gasteiger partial charge < -0.3 is 23.7 Å². The van der Waals surface area contributed by atoms with E-state index in [2.05, 4.69) is 24.4 Å². The Morgan fingerprint density at radius 3 is 2.23 bits per heavy atom. The molecule has 8 nitrogen and oxygen atoms in total. The summed E-state index contributed by atoms with van der Waals surface area (Å²) in [6.07, 6.45) is 1.49. The molecule has 1 aliphatic rings. The van der Waals surface area contributed by atoms with Gasteiger partial charge in [0.25, 0.3) is 5.91 Å². The molecule has 0 saturated carbocycles. The van der Waals surface area contributed by atoms with E-state index in [0.29, 0.717) is 53.1 Å². The summed E-state index contributed by atoms with van der Waals surface area (Å²) in [6.45, 7) is 5.17. The molecule has 0 saturated heterocycles. The van der Waals surface area contributed by atoms with Crippen LogP contribution in [0.15, 0.2) is 35.4 Å². The molecule has 160 valence electrons. The third kappa shape index (κ3) is 4.76. The lowest BCUT2D eigenvalue weighted by molar-refractivity contribution is 0.0954. The Hall–Kier alpha value is -3.42. The first-order valence-electron chi connectivity index (χ1n) is 9.40.